The quantitative estimate of drug-likeness (QED) is 0.631. The van der Waals surface area contributed by atoms with Gasteiger partial charge in [0.25, 0.3) is 0 Å². The number of hydrogen-bond acceptors (Lipinski definition) is 2. The summed E-state index contributed by atoms with van der Waals surface area (Å²) in [5.74, 6) is 0.196. The van der Waals surface area contributed by atoms with E-state index in [-0.39, 0.29) is 5.78 Å². The van der Waals surface area contributed by atoms with Crippen LogP contribution in [0, 0.1) is 6.92 Å². The van der Waals surface area contributed by atoms with Gasteiger partial charge in [0.1, 0.15) is 0 Å². The summed E-state index contributed by atoms with van der Waals surface area (Å²) in [6.45, 7) is 1.99. The molecule has 1 heterocycles. The lowest BCUT2D eigenvalue weighted by molar-refractivity contribution is 0.0993. The van der Waals surface area contributed by atoms with E-state index in [1.807, 2.05) is 43.3 Å². The lowest BCUT2D eigenvalue weighted by Gasteiger charge is -2.04. The molecule has 0 saturated carbocycles. The molecule has 3 rings (SSSR count). The Hall–Kier alpha value is -1.93. The topological polar surface area (TPSA) is 17.1 Å². The van der Waals surface area contributed by atoms with Crippen molar-refractivity contribution < 1.29 is 4.79 Å². The van der Waals surface area contributed by atoms with Crippen molar-refractivity contribution in [1.82, 2.24) is 0 Å². The van der Waals surface area contributed by atoms with E-state index in [0.717, 1.165) is 16.7 Å². The molecular weight excluding hydrogens is 252 g/mol. The van der Waals surface area contributed by atoms with Crippen LogP contribution in [0.2, 0.25) is 0 Å². The highest BCUT2D eigenvalue weighted by molar-refractivity contribution is 7.17. The van der Waals surface area contributed by atoms with Gasteiger partial charge in [0, 0.05) is 16.7 Å². The monoisotopic (exact) mass is 266 g/mol. The Morgan fingerprint density at radius 1 is 1.05 bits per heavy atom. The zero-order valence-electron chi connectivity index (χ0n) is 10.7. The Kier molecular flexibility index (Phi) is 3.18. The van der Waals surface area contributed by atoms with Crippen molar-refractivity contribution >= 4 is 27.2 Å². The van der Waals surface area contributed by atoms with Gasteiger partial charge in [-0.05, 0) is 34.9 Å². The normalized spacial score (nSPS) is 10.8. The van der Waals surface area contributed by atoms with Crippen LogP contribution in [0.15, 0.2) is 53.9 Å². The summed E-state index contributed by atoms with van der Waals surface area (Å²) in [5, 5.41) is 3.30. The van der Waals surface area contributed by atoms with E-state index in [1.165, 1.54) is 10.1 Å². The number of benzene rings is 2. The molecule has 0 amide bonds. The second kappa shape index (κ2) is 4.98. The fourth-order valence-corrected chi connectivity index (χ4v) is 3.29. The molecule has 0 aliphatic carbocycles. The number of carbonyl (C=O) groups excluding carboxylic acids is 1. The van der Waals surface area contributed by atoms with Crippen LogP contribution in [0.4, 0.5) is 0 Å². The van der Waals surface area contributed by atoms with Crippen molar-refractivity contribution in [1.29, 1.82) is 0 Å². The molecule has 0 aliphatic heterocycles. The van der Waals surface area contributed by atoms with Gasteiger partial charge < -0.3 is 0 Å². The minimum absolute atomic E-state index is 0.196. The SMILES string of the molecule is Cc1ccccc1C(=O)Cc1csc2ccccc12. The van der Waals surface area contributed by atoms with Crippen molar-refractivity contribution in [3.8, 4) is 0 Å². The molecule has 1 nitrogen and oxygen atoms in total. The van der Waals surface area contributed by atoms with Gasteiger partial charge in [-0.1, -0.05) is 42.5 Å². The highest BCUT2D eigenvalue weighted by Gasteiger charge is 2.12. The molecule has 0 radical (unpaired) electrons. The highest BCUT2D eigenvalue weighted by Crippen LogP contribution is 2.26. The molecule has 19 heavy (non-hydrogen) atoms. The van der Waals surface area contributed by atoms with E-state index in [0.29, 0.717) is 6.42 Å². The molecule has 2 heteroatoms. The van der Waals surface area contributed by atoms with Crippen LogP contribution in [0.1, 0.15) is 21.5 Å². The summed E-state index contributed by atoms with van der Waals surface area (Å²) in [7, 11) is 0. The summed E-state index contributed by atoms with van der Waals surface area (Å²) in [6.07, 6.45) is 0.481. The van der Waals surface area contributed by atoms with E-state index in [2.05, 4.69) is 17.5 Å². The Labute approximate surface area is 116 Å². The molecular formula is C17H14OS. The average Bonchev–Trinajstić information content (AvgIpc) is 2.83. The minimum Gasteiger partial charge on any atom is -0.294 e. The second-order valence-electron chi connectivity index (χ2n) is 4.67. The largest absolute Gasteiger partial charge is 0.294 e. The lowest BCUT2D eigenvalue weighted by atomic mass is 9.99. The van der Waals surface area contributed by atoms with Crippen LogP contribution in [0.5, 0.6) is 0 Å². The molecule has 0 saturated heterocycles. The predicted octanol–water partition coefficient (Wildman–Crippen LogP) is 4.64. The number of hydrogen-bond donors (Lipinski definition) is 0. The minimum atomic E-state index is 0.196. The summed E-state index contributed by atoms with van der Waals surface area (Å²) < 4.78 is 1.25. The standard InChI is InChI=1S/C17H14OS/c1-12-6-2-3-7-14(12)16(18)10-13-11-19-17-9-5-4-8-15(13)17/h2-9,11H,10H2,1H3. The molecule has 0 atom stereocenters. The molecule has 94 valence electrons. The van der Waals surface area contributed by atoms with Crippen LogP contribution in [0.25, 0.3) is 10.1 Å². The highest BCUT2D eigenvalue weighted by atomic mass is 32.1. The summed E-state index contributed by atoms with van der Waals surface area (Å²) >= 11 is 1.70. The summed E-state index contributed by atoms with van der Waals surface area (Å²) in [4.78, 5) is 12.4. The first-order valence-electron chi connectivity index (χ1n) is 6.29. The van der Waals surface area contributed by atoms with Gasteiger partial charge in [0.2, 0.25) is 0 Å². The van der Waals surface area contributed by atoms with E-state index in [9.17, 15) is 4.79 Å². The second-order valence-corrected chi connectivity index (χ2v) is 5.58. The van der Waals surface area contributed by atoms with E-state index >= 15 is 0 Å². The average molecular weight is 266 g/mol. The van der Waals surface area contributed by atoms with Crippen LogP contribution < -0.4 is 0 Å². The van der Waals surface area contributed by atoms with Gasteiger partial charge in [-0.15, -0.1) is 11.3 Å². The molecule has 0 N–H and O–H groups in total. The first-order valence-corrected chi connectivity index (χ1v) is 7.17. The molecule has 3 aromatic rings. The van der Waals surface area contributed by atoms with Gasteiger partial charge in [-0.2, -0.15) is 0 Å². The van der Waals surface area contributed by atoms with Crippen molar-refractivity contribution in [3.05, 3.63) is 70.6 Å². The van der Waals surface area contributed by atoms with E-state index < -0.39 is 0 Å². The van der Waals surface area contributed by atoms with E-state index in [4.69, 9.17) is 0 Å². The number of thiophene rings is 1. The van der Waals surface area contributed by atoms with Crippen molar-refractivity contribution in [2.45, 2.75) is 13.3 Å². The van der Waals surface area contributed by atoms with Crippen LogP contribution in [0.3, 0.4) is 0 Å². The predicted molar refractivity (Wildman–Crippen MR) is 81.0 cm³/mol. The summed E-state index contributed by atoms with van der Waals surface area (Å²) in [6, 6.07) is 16.0. The molecule has 0 aliphatic rings. The molecule has 0 bridgehead atoms. The van der Waals surface area contributed by atoms with E-state index in [1.54, 1.807) is 11.3 Å². The lowest BCUT2D eigenvalue weighted by Crippen LogP contribution is -2.04. The van der Waals surface area contributed by atoms with Gasteiger partial charge in [0.05, 0.1) is 0 Å². The zero-order valence-corrected chi connectivity index (χ0v) is 11.5. The Morgan fingerprint density at radius 3 is 2.63 bits per heavy atom. The first-order chi connectivity index (χ1) is 9.25. The number of fused-ring (bicyclic) bond motifs is 1. The fraction of sp³-hybridized carbons (Fsp3) is 0.118. The third kappa shape index (κ3) is 2.32. The zero-order chi connectivity index (χ0) is 13.2. The maximum absolute atomic E-state index is 12.4. The Balaban J connectivity index is 1.94. The number of aryl methyl sites for hydroxylation is 1. The smallest absolute Gasteiger partial charge is 0.167 e. The number of rotatable bonds is 3. The number of ketones is 1. The van der Waals surface area contributed by atoms with Gasteiger partial charge in [0.15, 0.2) is 5.78 Å². The molecule has 1 aromatic heterocycles. The number of Topliss-reactive ketones (excluding diaryl/α,β-unsaturated/α-hetero) is 1. The third-order valence-corrected chi connectivity index (χ3v) is 4.37. The van der Waals surface area contributed by atoms with Crippen molar-refractivity contribution in [2.24, 2.45) is 0 Å². The van der Waals surface area contributed by atoms with Crippen LogP contribution in [-0.4, -0.2) is 5.78 Å². The van der Waals surface area contributed by atoms with Gasteiger partial charge in [-0.25, -0.2) is 0 Å². The van der Waals surface area contributed by atoms with Crippen molar-refractivity contribution in [3.63, 3.8) is 0 Å². The Morgan fingerprint density at radius 2 is 1.79 bits per heavy atom. The maximum Gasteiger partial charge on any atom is 0.167 e. The maximum atomic E-state index is 12.4. The number of carbonyl (C=O) groups is 1. The summed E-state index contributed by atoms with van der Waals surface area (Å²) in [5.41, 5.74) is 3.01. The molecule has 2 aromatic carbocycles. The van der Waals surface area contributed by atoms with Gasteiger partial charge >= 0.3 is 0 Å². The molecule has 0 spiro atoms. The Bertz CT molecular complexity index is 740. The third-order valence-electron chi connectivity index (χ3n) is 3.36. The van der Waals surface area contributed by atoms with Crippen LogP contribution >= 0.6 is 11.3 Å². The molecule has 0 unspecified atom stereocenters. The first kappa shape index (κ1) is 12.1. The van der Waals surface area contributed by atoms with Crippen molar-refractivity contribution in [2.75, 3.05) is 0 Å². The van der Waals surface area contributed by atoms with Gasteiger partial charge in [-0.3, -0.25) is 4.79 Å². The van der Waals surface area contributed by atoms with Crippen LogP contribution in [-0.2, 0) is 6.42 Å². The fourth-order valence-electron chi connectivity index (χ4n) is 2.32. The molecule has 0 fully saturated rings.